The van der Waals surface area contributed by atoms with E-state index < -0.39 is 6.03 Å². The fourth-order valence-corrected chi connectivity index (χ4v) is 2.14. The number of carbonyl (C=O) groups excluding carboxylic acids is 2. The Bertz CT molecular complexity index is 294. The van der Waals surface area contributed by atoms with Gasteiger partial charge in [0, 0.05) is 19.2 Å². The SMILES string of the molecule is CC(C)NC(=O)NC(=O)CN1CCC(CCO)C1. The van der Waals surface area contributed by atoms with Gasteiger partial charge in [-0.2, -0.15) is 0 Å². The number of hydrogen-bond donors (Lipinski definition) is 3. The van der Waals surface area contributed by atoms with Crippen LogP contribution in [0.15, 0.2) is 0 Å². The lowest BCUT2D eigenvalue weighted by atomic mass is 10.1. The molecule has 0 saturated carbocycles. The summed E-state index contributed by atoms with van der Waals surface area (Å²) in [5.41, 5.74) is 0. The minimum atomic E-state index is -0.443. The highest BCUT2D eigenvalue weighted by atomic mass is 16.3. The van der Waals surface area contributed by atoms with E-state index in [0.717, 1.165) is 25.9 Å². The number of rotatable bonds is 5. The van der Waals surface area contributed by atoms with Crippen molar-refractivity contribution in [3.05, 3.63) is 0 Å². The first-order valence-corrected chi connectivity index (χ1v) is 6.44. The maximum absolute atomic E-state index is 11.6. The summed E-state index contributed by atoms with van der Waals surface area (Å²) in [6, 6.07) is -0.431. The van der Waals surface area contributed by atoms with Crippen molar-refractivity contribution >= 4 is 11.9 Å². The van der Waals surface area contributed by atoms with E-state index in [2.05, 4.69) is 10.6 Å². The fraction of sp³-hybridized carbons (Fsp3) is 0.833. The lowest BCUT2D eigenvalue weighted by Gasteiger charge is -2.15. The number of nitrogens with zero attached hydrogens (tertiary/aromatic N) is 1. The smallest absolute Gasteiger partial charge is 0.321 e. The standard InChI is InChI=1S/C12H23N3O3/c1-9(2)13-12(18)14-11(17)8-15-5-3-10(7-15)4-6-16/h9-10,16H,3-8H2,1-2H3,(H2,13,14,17,18). The minimum absolute atomic E-state index is 0.0125. The van der Waals surface area contributed by atoms with Gasteiger partial charge in [0.25, 0.3) is 0 Å². The van der Waals surface area contributed by atoms with Crippen molar-refractivity contribution in [1.29, 1.82) is 0 Å². The Kier molecular flexibility index (Phi) is 6.07. The molecule has 0 aromatic carbocycles. The Hall–Kier alpha value is -1.14. The second-order valence-electron chi connectivity index (χ2n) is 5.08. The van der Waals surface area contributed by atoms with Gasteiger partial charge < -0.3 is 10.4 Å². The molecule has 1 fully saturated rings. The van der Waals surface area contributed by atoms with Crippen LogP contribution in [0.2, 0.25) is 0 Å². The van der Waals surface area contributed by atoms with Gasteiger partial charge in [0.05, 0.1) is 6.54 Å². The first-order chi connectivity index (χ1) is 8.51. The predicted molar refractivity (Wildman–Crippen MR) is 68.1 cm³/mol. The highest BCUT2D eigenvalue weighted by Gasteiger charge is 2.23. The van der Waals surface area contributed by atoms with E-state index in [9.17, 15) is 9.59 Å². The van der Waals surface area contributed by atoms with Gasteiger partial charge in [-0.15, -0.1) is 0 Å². The summed E-state index contributed by atoms with van der Waals surface area (Å²) in [6.45, 7) is 5.78. The first-order valence-electron chi connectivity index (χ1n) is 6.44. The van der Waals surface area contributed by atoms with Crippen LogP contribution in [0.3, 0.4) is 0 Å². The molecule has 3 N–H and O–H groups in total. The molecular formula is C12H23N3O3. The maximum atomic E-state index is 11.6. The molecule has 0 aliphatic carbocycles. The van der Waals surface area contributed by atoms with E-state index in [0.29, 0.717) is 5.92 Å². The lowest BCUT2D eigenvalue weighted by Crippen LogP contribution is -2.46. The summed E-state index contributed by atoms with van der Waals surface area (Å²) in [5.74, 6) is 0.185. The minimum Gasteiger partial charge on any atom is -0.396 e. The number of amides is 3. The second kappa shape index (κ2) is 7.33. The van der Waals surface area contributed by atoms with Gasteiger partial charge in [0.15, 0.2) is 0 Å². The first kappa shape index (κ1) is 14.9. The van der Waals surface area contributed by atoms with Crippen LogP contribution < -0.4 is 10.6 Å². The summed E-state index contributed by atoms with van der Waals surface area (Å²) >= 11 is 0. The van der Waals surface area contributed by atoms with Crippen molar-refractivity contribution in [2.24, 2.45) is 5.92 Å². The number of imide groups is 1. The molecule has 6 nitrogen and oxygen atoms in total. The van der Waals surface area contributed by atoms with Crippen molar-refractivity contribution in [1.82, 2.24) is 15.5 Å². The maximum Gasteiger partial charge on any atom is 0.321 e. The van der Waals surface area contributed by atoms with Crippen molar-refractivity contribution in [3.8, 4) is 0 Å². The number of nitrogens with one attached hydrogen (secondary N) is 2. The molecule has 1 atom stereocenters. The monoisotopic (exact) mass is 257 g/mol. The third-order valence-corrected chi connectivity index (χ3v) is 2.95. The van der Waals surface area contributed by atoms with Crippen LogP contribution in [0.1, 0.15) is 26.7 Å². The molecule has 1 aliphatic rings. The van der Waals surface area contributed by atoms with Gasteiger partial charge in [-0.25, -0.2) is 4.79 Å². The molecule has 1 rings (SSSR count). The summed E-state index contributed by atoms with van der Waals surface area (Å²) in [7, 11) is 0. The number of aliphatic hydroxyl groups excluding tert-OH is 1. The zero-order chi connectivity index (χ0) is 13.5. The van der Waals surface area contributed by atoms with E-state index >= 15 is 0 Å². The topological polar surface area (TPSA) is 81.7 Å². The van der Waals surface area contributed by atoms with E-state index in [-0.39, 0.29) is 25.1 Å². The van der Waals surface area contributed by atoms with Gasteiger partial charge in [-0.05, 0) is 39.2 Å². The molecular weight excluding hydrogens is 234 g/mol. The average Bonchev–Trinajstić information content (AvgIpc) is 2.64. The van der Waals surface area contributed by atoms with Crippen LogP contribution in [0, 0.1) is 5.92 Å². The van der Waals surface area contributed by atoms with Gasteiger partial charge >= 0.3 is 6.03 Å². The highest BCUT2D eigenvalue weighted by Crippen LogP contribution is 2.18. The molecule has 1 saturated heterocycles. The lowest BCUT2D eigenvalue weighted by molar-refractivity contribution is -0.120. The summed E-state index contributed by atoms with van der Waals surface area (Å²) < 4.78 is 0. The zero-order valence-corrected chi connectivity index (χ0v) is 11.1. The quantitative estimate of drug-likeness (QED) is 0.643. The molecule has 3 amide bonds. The van der Waals surface area contributed by atoms with Crippen molar-refractivity contribution in [2.45, 2.75) is 32.7 Å². The van der Waals surface area contributed by atoms with E-state index in [4.69, 9.17) is 5.11 Å². The van der Waals surface area contributed by atoms with Crippen LogP contribution in [-0.2, 0) is 4.79 Å². The van der Waals surface area contributed by atoms with Crippen LogP contribution in [0.5, 0.6) is 0 Å². The number of likely N-dealkylation sites (tertiary alicyclic amines) is 1. The van der Waals surface area contributed by atoms with Crippen LogP contribution in [-0.4, -0.2) is 54.2 Å². The van der Waals surface area contributed by atoms with Crippen LogP contribution >= 0.6 is 0 Å². The van der Waals surface area contributed by atoms with Crippen molar-refractivity contribution < 1.29 is 14.7 Å². The summed E-state index contributed by atoms with van der Waals surface area (Å²) in [4.78, 5) is 24.9. The summed E-state index contributed by atoms with van der Waals surface area (Å²) in [6.07, 6.45) is 1.79. The molecule has 0 aromatic heterocycles. The largest absolute Gasteiger partial charge is 0.396 e. The third-order valence-electron chi connectivity index (χ3n) is 2.95. The normalized spacial score (nSPS) is 20.1. The Labute approximate surface area is 108 Å². The average molecular weight is 257 g/mol. The number of hydrogen-bond acceptors (Lipinski definition) is 4. The fourth-order valence-electron chi connectivity index (χ4n) is 2.14. The Morgan fingerprint density at radius 1 is 1.44 bits per heavy atom. The second-order valence-corrected chi connectivity index (χ2v) is 5.08. The van der Waals surface area contributed by atoms with E-state index in [1.165, 1.54) is 0 Å². The number of carbonyl (C=O) groups is 2. The Balaban J connectivity index is 2.23. The molecule has 1 heterocycles. The van der Waals surface area contributed by atoms with Gasteiger partial charge in [0.1, 0.15) is 0 Å². The molecule has 1 aliphatic heterocycles. The number of aliphatic hydroxyl groups is 1. The molecule has 18 heavy (non-hydrogen) atoms. The van der Waals surface area contributed by atoms with Gasteiger partial charge in [0.2, 0.25) is 5.91 Å². The molecule has 0 bridgehead atoms. The van der Waals surface area contributed by atoms with Gasteiger partial charge in [-0.3, -0.25) is 15.0 Å². The highest BCUT2D eigenvalue weighted by molar-refractivity contribution is 5.95. The van der Waals surface area contributed by atoms with E-state index in [1.807, 2.05) is 18.7 Å². The van der Waals surface area contributed by atoms with Crippen LogP contribution in [0.25, 0.3) is 0 Å². The van der Waals surface area contributed by atoms with Crippen molar-refractivity contribution in [3.63, 3.8) is 0 Å². The molecule has 6 heteroatoms. The van der Waals surface area contributed by atoms with Gasteiger partial charge in [-0.1, -0.05) is 0 Å². The molecule has 0 radical (unpaired) electrons. The summed E-state index contributed by atoms with van der Waals surface area (Å²) in [5, 5.41) is 13.8. The van der Waals surface area contributed by atoms with Crippen LogP contribution in [0.4, 0.5) is 4.79 Å². The molecule has 1 unspecified atom stereocenters. The number of urea groups is 1. The van der Waals surface area contributed by atoms with Crippen molar-refractivity contribution in [2.75, 3.05) is 26.2 Å². The molecule has 0 aromatic rings. The third kappa shape index (κ3) is 5.46. The molecule has 0 spiro atoms. The Morgan fingerprint density at radius 3 is 2.78 bits per heavy atom. The van der Waals surface area contributed by atoms with E-state index in [1.54, 1.807) is 0 Å². The zero-order valence-electron chi connectivity index (χ0n) is 11.1. The predicted octanol–water partition coefficient (Wildman–Crippen LogP) is -0.0751. The Morgan fingerprint density at radius 2 is 2.17 bits per heavy atom. The molecule has 104 valence electrons.